The van der Waals surface area contributed by atoms with Gasteiger partial charge >= 0.3 is 6.01 Å². The van der Waals surface area contributed by atoms with E-state index in [0.29, 0.717) is 50.1 Å². The Labute approximate surface area is 191 Å². The number of carbonyl (C=O) groups is 1. The quantitative estimate of drug-likeness (QED) is 0.531. The average Bonchev–Trinajstić information content (AvgIpc) is 3.26. The third-order valence-electron chi connectivity index (χ3n) is 5.11. The predicted octanol–water partition coefficient (Wildman–Crippen LogP) is 2.71. The Morgan fingerprint density at radius 1 is 1.00 bits per heavy atom. The Bertz CT molecular complexity index is 1240. The molecule has 174 valence electrons. The van der Waals surface area contributed by atoms with Gasteiger partial charge in [-0.15, -0.1) is 5.10 Å². The van der Waals surface area contributed by atoms with Crippen LogP contribution in [0.25, 0.3) is 0 Å². The summed E-state index contributed by atoms with van der Waals surface area (Å²) in [4.78, 5) is 12.6. The number of fused-ring (bicyclic) bond motifs is 1. The second-order valence-electron chi connectivity index (χ2n) is 7.22. The SMILES string of the molecule is CCN(CC)S(=O)(=O)c1ccc(C(=O)Nc2nnc(Cc3ccc4c(c3)OCCO4)o2)cc1. The van der Waals surface area contributed by atoms with Crippen LogP contribution >= 0.6 is 0 Å². The zero-order valence-corrected chi connectivity index (χ0v) is 19.1. The van der Waals surface area contributed by atoms with E-state index in [-0.39, 0.29) is 16.5 Å². The van der Waals surface area contributed by atoms with Crippen molar-refractivity contribution in [3.63, 3.8) is 0 Å². The molecule has 33 heavy (non-hydrogen) atoms. The first-order valence-corrected chi connectivity index (χ1v) is 12.0. The van der Waals surface area contributed by atoms with Gasteiger partial charge in [-0.25, -0.2) is 8.42 Å². The summed E-state index contributed by atoms with van der Waals surface area (Å²) in [5.41, 5.74) is 1.16. The lowest BCUT2D eigenvalue weighted by atomic mass is 10.1. The van der Waals surface area contributed by atoms with E-state index in [4.69, 9.17) is 13.9 Å². The fraction of sp³-hybridized carbons (Fsp3) is 0.318. The molecule has 0 unspecified atom stereocenters. The van der Waals surface area contributed by atoms with E-state index in [0.717, 1.165) is 5.56 Å². The third kappa shape index (κ3) is 4.99. The van der Waals surface area contributed by atoms with E-state index < -0.39 is 15.9 Å². The highest BCUT2D eigenvalue weighted by atomic mass is 32.2. The van der Waals surface area contributed by atoms with Crippen molar-refractivity contribution in [3.05, 3.63) is 59.5 Å². The summed E-state index contributed by atoms with van der Waals surface area (Å²) >= 11 is 0. The molecule has 0 fully saturated rings. The van der Waals surface area contributed by atoms with Gasteiger partial charge in [-0.1, -0.05) is 25.0 Å². The van der Waals surface area contributed by atoms with Gasteiger partial charge in [-0.3, -0.25) is 10.1 Å². The first kappa shape index (κ1) is 22.7. The number of nitrogens with one attached hydrogen (secondary N) is 1. The molecule has 0 saturated carbocycles. The molecule has 2 aromatic carbocycles. The van der Waals surface area contributed by atoms with Crippen molar-refractivity contribution < 1.29 is 27.1 Å². The molecule has 0 radical (unpaired) electrons. The van der Waals surface area contributed by atoms with Crippen LogP contribution < -0.4 is 14.8 Å². The van der Waals surface area contributed by atoms with Crippen molar-refractivity contribution >= 4 is 21.9 Å². The van der Waals surface area contributed by atoms with Gasteiger partial charge in [0.15, 0.2) is 11.5 Å². The van der Waals surface area contributed by atoms with E-state index in [1.54, 1.807) is 13.8 Å². The normalized spacial score (nSPS) is 13.2. The molecule has 11 heteroatoms. The Balaban J connectivity index is 1.40. The van der Waals surface area contributed by atoms with Crippen LogP contribution in [0, 0.1) is 0 Å². The van der Waals surface area contributed by atoms with Gasteiger partial charge in [-0.05, 0) is 42.0 Å². The molecule has 1 aromatic heterocycles. The maximum absolute atomic E-state index is 12.6. The van der Waals surface area contributed by atoms with Crippen molar-refractivity contribution in [2.45, 2.75) is 25.2 Å². The highest BCUT2D eigenvalue weighted by Crippen LogP contribution is 2.31. The van der Waals surface area contributed by atoms with E-state index >= 15 is 0 Å². The Morgan fingerprint density at radius 3 is 2.39 bits per heavy atom. The standard InChI is InChI=1S/C22H24N4O6S/c1-3-26(4-2)33(28,29)17-8-6-16(7-9-17)21(27)23-22-25-24-20(32-22)14-15-5-10-18-19(13-15)31-12-11-30-18/h5-10,13H,3-4,11-12,14H2,1-2H3,(H,23,25,27). The molecule has 0 spiro atoms. The Morgan fingerprint density at radius 2 is 1.70 bits per heavy atom. The van der Waals surface area contributed by atoms with Crippen molar-refractivity contribution in [2.75, 3.05) is 31.6 Å². The number of rotatable bonds is 8. The molecule has 4 rings (SSSR count). The minimum atomic E-state index is -3.59. The summed E-state index contributed by atoms with van der Waals surface area (Å²) < 4.78 is 43.1. The maximum Gasteiger partial charge on any atom is 0.322 e. The molecule has 1 amide bonds. The molecule has 0 aliphatic carbocycles. The number of ether oxygens (including phenoxy) is 2. The van der Waals surface area contributed by atoms with E-state index in [1.807, 2.05) is 18.2 Å². The summed E-state index contributed by atoms with van der Waals surface area (Å²) in [7, 11) is -3.59. The van der Waals surface area contributed by atoms with E-state index in [9.17, 15) is 13.2 Å². The second kappa shape index (κ2) is 9.59. The van der Waals surface area contributed by atoms with Crippen LogP contribution in [0.1, 0.15) is 35.7 Å². The topological polar surface area (TPSA) is 124 Å². The molecule has 1 aliphatic heterocycles. The fourth-order valence-electron chi connectivity index (χ4n) is 3.41. The molecule has 0 saturated heterocycles. The smallest absolute Gasteiger partial charge is 0.322 e. The molecule has 0 atom stereocenters. The number of hydrogen-bond donors (Lipinski definition) is 1. The van der Waals surface area contributed by atoms with Crippen molar-refractivity contribution in [1.29, 1.82) is 0 Å². The minimum Gasteiger partial charge on any atom is -0.486 e. The largest absolute Gasteiger partial charge is 0.486 e. The van der Waals surface area contributed by atoms with Crippen LogP contribution in [0.5, 0.6) is 11.5 Å². The zero-order chi connectivity index (χ0) is 23.4. The molecular formula is C22H24N4O6S. The lowest BCUT2D eigenvalue weighted by Crippen LogP contribution is -2.30. The van der Waals surface area contributed by atoms with Crippen LogP contribution in [-0.2, 0) is 16.4 Å². The summed E-state index contributed by atoms with van der Waals surface area (Å²) in [5.74, 6) is 1.19. The van der Waals surface area contributed by atoms with Gasteiger partial charge < -0.3 is 13.9 Å². The van der Waals surface area contributed by atoms with E-state index in [1.165, 1.54) is 28.6 Å². The number of carbonyl (C=O) groups excluding carboxylic acids is 1. The summed E-state index contributed by atoms with van der Waals surface area (Å²) in [5, 5.41) is 10.4. The molecule has 1 N–H and O–H groups in total. The highest BCUT2D eigenvalue weighted by Gasteiger charge is 2.22. The van der Waals surface area contributed by atoms with Crippen molar-refractivity contribution in [1.82, 2.24) is 14.5 Å². The lowest BCUT2D eigenvalue weighted by Gasteiger charge is -2.18. The first-order valence-electron chi connectivity index (χ1n) is 10.5. The predicted molar refractivity (Wildman–Crippen MR) is 119 cm³/mol. The molecule has 1 aliphatic rings. The first-order chi connectivity index (χ1) is 15.9. The number of benzene rings is 2. The van der Waals surface area contributed by atoms with Crippen LogP contribution in [0.2, 0.25) is 0 Å². The van der Waals surface area contributed by atoms with Gasteiger partial charge in [0.25, 0.3) is 5.91 Å². The zero-order valence-electron chi connectivity index (χ0n) is 18.3. The molecule has 0 bridgehead atoms. The van der Waals surface area contributed by atoms with Gasteiger partial charge in [0.05, 0.1) is 11.3 Å². The van der Waals surface area contributed by atoms with Crippen LogP contribution in [0.15, 0.2) is 51.8 Å². The molecular weight excluding hydrogens is 448 g/mol. The minimum absolute atomic E-state index is 0.0487. The van der Waals surface area contributed by atoms with Crippen LogP contribution in [-0.4, -0.2) is 55.1 Å². The number of aromatic nitrogens is 2. The summed E-state index contributed by atoms with van der Waals surface area (Å²) in [6, 6.07) is 11.2. The monoisotopic (exact) mass is 472 g/mol. The van der Waals surface area contributed by atoms with Gasteiger partial charge in [0, 0.05) is 18.7 Å². The Kier molecular flexibility index (Phi) is 6.61. The van der Waals surface area contributed by atoms with Crippen molar-refractivity contribution in [3.8, 4) is 11.5 Å². The second-order valence-corrected chi connectivity index (χ2v) is 9.16. The van der Waals surface area contributed by atoms with Crippen LogP contribution in [0.4, 0.5) is 6.01 Å². The summed E-state index contributed by atoms with van der Waals surface area (Å²) in [6.45, 7) is 5.30. The lowest BCUT2D eigenvalue weighted by molar-refractivity contribution is 0.102. The van der Waals surface area contributed by atoms with E-state index in [2.05, 4.69) is 15.5 Å². The average molecular weight is 473 g/mol. The van der Waals surface area contributed by atoms with Gasteiger partial charge in [0.1, 0.15) is 13.2 Å². The third-order valence-corrected chi connectivity index (χ3v) is 7.17. The number of amides is 1. The molecule has 3 aromatic rings. The van der Waals surface area contributed by atoms with Crippen LogP contribution in [0.3, 0.4) is 0 Å². The number of hydrogen-bond acceptors (Lipinski definition) is 8. The number of sulfonamides is 1. The summed E-state index contributed by atoms with van der Waals surface area (Å²) in [6.07, 6.45) is 0.359. The maximum atomic E-state index is 12.6. The number of anilines is 1. The highest BCUT2D eigenvalue weighted by molar-refractivity contribution is 7.89. The Hall–Kier alpha value is -3.44. The molecule has 10 nitrogen and oxygen atoms in total. The molecule has 2 heterocycles. The van der Waals surface area contributed by atoms with Gasteiger partial charge in [-0.2, -0.15) is 4.31 Å². The fourth-order valence-corrected chi connectivity index (χ4v) is 4.87. The van der Waals surface area contributed by atoms with Gasteiger partial charge in [0.2, 0.25) is 15.9 Å². The van der Waals surface area contributed by atoms with Crippen molar-refractivity contribution in [2.24, 2.45) is 0 Å². The number of nitrogens with zero attached hydrogens (tertiary/aromatic N) is 3.